The highest BCUT2D eigenvalue weighted by Gasteiger charge is 1.97. The smallest absolute Gasteiger partial charge is 0.216 e. The maximum atomic E-state index is 10.7. The maximum Gasteiger partial charge on any atom is 0.216 e. The van der Waals surface area contributed by atoms with E-state index in [1.807, 2.05) is 12.2 Å². The van der Waals surface area contributed by atoms with Crippen LogP contribution < -0.4 is 5.32 Å². The molecule has 4 nitrogen and oxygen atoms in total. The fraction of sp³-hybridized carbons (Fsp3) is 0.214. The third-order valence-electron chi connectivity index (χ3n) is 2.27. The normalized spacial score (nSPS) is 10.3. The van der Waals surface area contributed by atoms with Gasteiger partial charge in [-0.05, 0) is 30.2 Å². The molecule has 0 saturated heterocycles. The average molecular weight is 245 g/mol. The van der Waals surface area contributed by atoms with Gasteiger partial charge in [0.15, 0.2) is 0 Å². The second-order valence-electron chi connectivity index (χ2n) is 3.84. The molecule has 0 aliphatic rings. The van der Waals surface area contributed by atoms with E-state index >= 15 is 0 Å². The highest BCUT2D eigenvalue weighted by atomic mass is 16.1. The number of rotatable bonds is 6. The lowest BCUT2D eigenvalue weighted by Gasteiger charge is -1.99. The molecule has 1 N–H and O–H groups in total. The van der Waals surface area contributed by atoms with Gasteiger partial charge in [-0.3, -0.25) is 14.4 Å². The summed E-state index contributed by atoms with van der Waals surface area (Å²) in [6, 6.07) is 4.94. The predicted octanol–water partition coefficient (Wildman–Crippen LogP) is 1.85. The molecule has 0 saturated carbocycles. The SMILES string of the molecule is CC(=O)NCCC=Cc1cc(C=O)cc(C=O)c1. The van der Waals surface area contributed by atoms with Gasteiger partial charge < -0.3 is 5.32 Å². The molecule has 1 aromatic rings. The van der Waals surface area contributed by atoms with Gasteiger partial charge in [-0.1, -0.05) is 12.2 Å². The van der Waals surface area contributed by atoms with Crippen LogP contribution in [0.5, 0.6) is 0 Å². The number of benzene rings is 1. The van der Waals surface area contributed by atoms with Crippen molar-refractivity contribution in [2.45, 2.75) is 13.3 Å². The number of carbonyl (C=O) groups excluding carboxylic acids is 3. The molecule has 4 heteroatoms. The van der Waals surface area contributed by atoms with Gasteiger partial charge in [0.25, 0.3) is 0 Å². The van der Waals surface area contributed by atoms with Crippen molar-refractivity contribution in [2.75, 3.05) is 6.54 Å². The first-order valence-electron chi connectivity index (χ1n) is 5.62. The highest BCUT2D eigenvalue weighted by Crippen LogP contribution is 2.09. The third kappa shape index (κ3) is 4.74. The number of hydrogen-bond acceptors (Lipinski definition) is 3. The van der Waals surface area contributed by atoms with Crippen LogP contribution in [-0.4, -0.2) is 25.0 Å². The Morgan fingerprint density at radius 2 is 1.67 bits per heavy atom. The molecule has 0 radical (unpaired) electrons. The average Bonchev–Trinajstić information content (AvgIpc) is 2.37. The van der Waals surface area contributed by atoms with Crippen LogP contribution in [0.2, 0.25) is 0 Å². The van der Waals surface area contributed by atoms with Gasteiger partial charge in [-0.25, -0.2) is 0 Å². The van der Waals surface area contributed by atoms with E-state index in [4.69, 9.17) is 0 Å². The lowest BCUT2D eigenvalue weighted by atomic mass is 10.1. The Balaban J connectivity index is 2.65. The molecule has 0 fully saturated rings. The lowest BCUT2D eigenvalue weighted by molar-refractivity contribution is -0.118. The van der Waals surface area contributed by atoms with Crippen molar-refractivity contribution < 1.29 is 14.4 Å². The monoisotopic (exact) mass is 245 g/mol. The van der Waals surface area contributed by atoms with Gasteiger partial charge in [-0.15, -0.1) is 0 Å². The number of aldehydes is 2. The van der Waals surface area contributed by atoms with E-state index in [1.165, 1.54) is 13.0 Å². The number of carbonyl (C=O) groups is 3. The molecule has 1 amide bonds. The Morgan fingerprint density at radius 1 is 1.11 bits per heavy atom. The minimum absolute atomic E-state index is 0.0606. The molecule has 1 rings (SSSR count). The largest absolute Gasteiger partial charge is 0.356 e. The molecule has 0 heterocycles. The molecular formula is C14H15NO3. The van der Waals surface area contributed by atoms with Crippen LogP contribution in [0.4, 0.5) is 0 Å². The Bertz CT molecular complexity index is 452. The molecule has 1 aromatic carbocycles. The molecule has 0 aliphatic heterocycles. The van der Waals surface area contributed by atoms with Crippen LogP contribution in [-0.2, 0) is 4.79 Å². The molecule has 18 heavy (non-hydrogen) atoms. The second-order valence-corrected chi connectivity index (χ2v) is 3.84. The summed E-state index contributed by atoms with van der Waals surface area (Å²) in [6.07, 6.45) is 5.82. The molecular weight excluding hydrogens is 230 g/mol. The number of amides is 1. The molecule has 0 bridgehead atoms. The summed E-state index contributed by atoms with van der Waals surface area (Å²) >= 11 is 0. The van der Waals surface area contributed by atoms with Crippen molar-refractivity contribution in [3.05, 3.63) is 41.0 Å². The van der Waals surface area contributed by atoms with Crippen LogP contribution in [0.25, 0.3) is 6.08 Å². The Hall–Kier alpha value is -2.23. The molecule has 94 valence electrons. The quantitative estimate of drug-likeness (QED) is 0.614. The zero-order chi connectivity index (χ0) is 13.4. The van der Waals surface area contributed by atoms with Crippen molar-refractivity contribution in [3.63, 3.8) is 0 Å². The van der Waals surface area contributed by atoms with Gasteiger partial charge in [0, 0.05) is 24.6 Å². The van der Waals surface area contributed by atoms with Gasteiger partial charge in [0.2, 0.25) is 5.91 Å². The van der Waals surface area contributed by atoms with Gasteiger partial charge in [0.1, 0.15) is 12.6 Å². The van der Waals surface area contributed by atoms with Crippen molar-refractivity contribution in [2.24, 2.45) is 0 Å². The van der Waals surface area contributed by atoms with Gasteiger partial charge in [-0.2, -0.15) is 0 Å². The minimum Gasteiger partial charge on any atom is -0.356 e. The van der Waals surface area contributed by atoms with Crippen molar-refractivity contribution in [1.82, 2.24) is 5.32 Å². The summed E-state index contributed by atoms with van der Waals surface area (Å²) in [5.41, 5.74) is 1.74. The van der Waals surface area contributed by atoms with E-state index in [-0.39, 0.29) is 5.91 Å². The van der Waals surface area contributed by atoms with E-state index in [0.717, 1.165) is 5.56 Å². The Morgan fingerprint density at radius 3 is 2.17 bits per heavy atom. The fourth-order valence-electron chi connectivity index (χ4n) is 1.49. The zero-order valence-corrected chi connectivity index (χ0v) is 10.2. The van der Waals surface area contributed by atoms with E-state index < -0.39 is 0 Å². The van der Waals surface area contributed by atoms with E-state index in [0.29, 0.717) is 36.7 Å². The zero-order valence-electron chi connectivity index (χ0n) is 10.2. The first-order valence-corrected chi connectivity index (χ1v) is 5.62. The third-order valence-corrected chi connectivity index (χ3v) is 2.27. The molecule has 0 atom stereocenters. The first-order chi connectivity index (χ1) is 8.65. The summed E-state index contributed by atoms with van der Waals surface area (Å²) in [6.45, 7) is 2.04. The van der Waals surface area contributed by atoms with Crippen LogP contribution in [0.3, 0.4) is 0 Å². The van der Waals surface area contributed by atoms with Crippen LogP contribution in [0.1, 0.15) is 39.6 Å². The first kappa shape index (κ1) is 13.8. The van der Waals surface area contributed by atoms with Gasteiger partial charge >= 0.3 is 0 Å². The van der Waals surface area contributed by atoms with Crippen molar-refractivity contribution in [1.29, 1.82) is 0 Å². The number of hydrogen-bond donors (Lipinski definition) is 1. The van der Waals surface area contributed by atoms with Crippen molar-refractivity contribution >= 4 is 24.6 Å². The minimum atomic E-state index is -0.0606. The van der Waals surface area contributed by atoms with E-state index in [2.05, 4.69) is 5.32 Å². The summed E-state index contributed by atoms with van der Waals surface area (Å²) in [5.74, 6) is -0.0606. The summed E-state index contributed by atoms with van der Waals surface area (Å²) in [4.78, 5) is 32.0. The van der Waals surface area contributed by atoms with Crippen LogP contribution in [0, 0.1) is 0 Å². The molecule has 0 spiro atoms. The van der Waals surface area contributed by atoms with Crippen LogP contribution >= 0.6 is 0 Å². The van der Waals surface area contributed by atoms with Crippen LogP contribution in [0.15, 0.2) is 24.3 Å². The summed E-state index contributed by atoms with van der Waals surface area (Å²) < 4.78 is 0. The molecule has 0 aliphatic carbocycles. The molecule has 0 aromatic heterocycles. The summed E-state index contributed by atoms with van der Waals surface area (Å²) in [5, 5.41) is 2.67. The predicted molar refractivity (Wildman–Crippen MR) is 69.6 cm³/mol. The highest BCUT2D eigenvalue weighted by molar-refractivity contribution is 5.83. The van der Waals surface area contributed by atoms with Crippen molar-refractivity contribution in [3.8, 4) is 0 Å². The van der Waals surface area contributed by atoms with Gasteiger partial charge in [0.05, 0.1) is 0 Å². The Labute approximate surface area is 106 Å². The molecule has 0 unspecified atom stereocenters. The Kier molecular flexibility index (Phi) is 5.51. The summed E-state index contributed by atoms with van der Waals surface area (Å²) in [7, 11) is 0. The van der Waals surface area contributed by atoms with E-state index in [1.54, 1.807) is 12.1 Å². The maximum absolute atomic E-state index is 10.7. The fourth-order valence-corrected chi connectivity index (χ4v) is 1.49. The standard InChI is InChI=1S/C14H15NO3/c1-11(18)15-5-3-2-4-12-6-13(9-16)8-14(7-12)10-17/h2,4,6-10H,3,5H2,1H3,(H,15,18). The van der Waals surface area contributed by atoms with E-state index in [9.17, 15) is 14.4 Å². The number of nitrogens with one attached hydrogen (secondary N) is 1. The second kappa shape index (κ2) is 7.17. The lowest BCUT2D eigenvalue weighted by Crippen LogP contribution is -2.20. The topological polar surface area (TPSA) is 63.2 Å².